The summed E-state index contributed by atoms with van der Waals surface area (Å²) in [7, 11) is 3.10. The number of pyridine rings is 1. The van der Waals surface area contributed by atoms with E-state index in [0.29, 0.717) is 11.6 Å². The Morgan fingerprint density at radius 1 is 1.32 bits per heavy atom. The van der Waals surface area contributed by atoms with E-state index < -0.39 is 5.97 Å². The SMILES string of the molecule is COc1ccc2cc(NC(=O)N(C)CCC(=O)O)ccc2n1. The monoisotopic (exact) mass is 303 g/mol. The maximum absolute atomic E-state index is 11.9. The number of fused-ring (bicyclic) bond motifs is 1. The van der Waals surface area contributed by atoms with Crippen LogP contribution in [0.25, 0.3) is 10.9 Å². The van der Waals surface area contributed by atoms with E-state index in [1.165, 1.54) is 4.90 Å². The zero-order valence-corrected chi connectivity index (χ0v) is 12.4. The molecule has 7 heteroatoms. The summed E-state index contributed by atoms with van der Waals surface area (Å²) < 4.78 is 5.06. The molecule has 1 aromatic heterocycles. The van der Waals surface area contributed by atoms with Gasteiger partial charge in [-0.3, -0.25) is 4.79 Å². The van der Waals surface area contributed by atoms with Crippen LogP contribution >= 0.6 is 0 Å². The Bertz CT molecular complexity index is 702. The summed E-state index contributed by atoms with van der Waals surface area (Å²) in [6, 6.07) is 8.55. The number of aliphatic carboxylic acids is 1. The molecule has 0 aliphatic carbocycles. The summed E-state index contributed by atoms with van der Waals surface area (Å²) in [6.45, 7) is 0.146. The number of carbonyl (C=O) groups is 2. The van der Waals surface area contributed by atoms with Crippen molar-refractivity contribution in [2.24, 2.45) is 0 Å². The number of carbonyl (C=O) groups excluding carboxylic acids is 1. The molecule has 0 atom stereocenters. The molecule has 2 rings (SSSR count). The first kappa shape index (κ1) is 15.6. The summed E-state index contributed by atoms with van der Waals surface area (Å²) in [5, 5.41) is 12.2. The largest absolute Gasteiger partial charge is 0.481 e. The highest BCUT2D eigenvalue weighted by atomic mass is 16.5. The number of carboxylic acid groups (broad SMARTS) is 1. The standard InChI is InChI=1S/C15H17N3O4/c1-18(8-7-14(19)20)15(21)16-11-4-5-12-10(9-11)3-6-13(17-12)22-2/h3-6,9H,7-8H2,1-2H3,(H,16,21)(H,19,20). The second kappa shape index (κ2) is 6.75. The molecule has 0 unspecified atom stereocenters. The Labute approximate surface area is 127 Å². The van der Waals surface area contributed by atoms with Gasteiger partial charge in [-0.2, -0.15) is 0 Å². The number of methoxy groups -OCH3 is 1. The zero-order chi connectivity index (χ0) is 16.1. The van der Waals surface area contributed by atoms with Crippen LogP contribution in [0.15, 0.2) is 30.3 Å². The van der Waals surface area contributed by atoms with E-state index in [1.807, 2.05) is 6.07 Å². The van der Waals surface area contributed by atoms with Crippen LogP contribution in [-0.2, 0) is 4.79 Å². The number of nitrogens with zero attached hydrogens (tertiary/aromatic N) is 2. The van der Waals surface area contributed by atoms with Crippen molar-refractivity contribution in [1.82, 2.24) is 9.88 Å². The Hall–Kier alpha value is -2.83. The predicted molar refractivity (Wildman–Crippen MR) is 82.2 cm³/mol. The third-order valence-corrected chi connectivity index (χ3v) is 3.13. The van der Waals surface area contributed by atoms with Crippen LogP contribution in [-0.4, -0.2) is 47.7 Å². The molecule has 0 saturated carbocycles. The third kappa shape index (κ3) is 3.85. The third-order valence-electron chi connectivity index (χ3n) is 3.13. The van der Waals surface area contributed by atoms with Crippen LogP contribution in [0, 0.1) is 0 Å². The molecule has 0 aliphatic heterocycles. The van der Waals surface area contributed by atoms with E-state index in [0.717, 1.165) is 10.9 Å². The van der Waals surface area contributed by atoms with E-state index in [1.54, 1.807) is 38.4 Å². The van der Waals surface area contributed by atoms with Gasteiger partial charge in [0.25, 0.3) is 0 Å². The second-order valence-corrected chi connectivity index (χ2v) is 4.76. The Balaban J connectivity index is 2.08. The van der Waals surface area contributed by atoms with Gasteiger partial charge in [-0.25, -0.2) is 9.78 Å². The van der Waals surface area contributed by atoms with Crippen LogP contribution < -0.4 is 10.1 Å². The average molecular weight is 303 g/mol. The van der Waals surface area contributed by atoms with Crippen LogP contribution in [0.3, 0.4) is 0 Å². The number of hydrogen-bond donors (Lipinski definition) is 2. The number of aromatic nitrogens is 1. The topological polar surface area (TPSA) is 91.8 Å². The van der Waals surface area contributed by atoms with E-state index in [-0.39, 0.29) is 19.0 Å². The highest BCUT2D eigenvalue weighted by Gasteiger charge is 2.10. The molecule has 1 aromatic carbocycles. The van der Waals surface area contributed by atoms with Crippen molar-refractivity contribution in [3.8, 4) is 5.88 Å². The van der Waals surface area contributed by atoms with Crippen molar-refractivity contribution in [1.29, 1.82) is 0 Å². The van der Waals surface area contributed by atoms with Gasteiger partial charge >= 0.3 is 12.0 Å². The summed E-state index contributed by atoms with van der Waals surface area (Å²) in [5.41, 5.74) is 1.38. The van der Waals surface area contributed by atoms with Crippen molar-refractivity contribution >= 4 is 28.6 Å². The van der Waals surface area contributed by atoms with Crippen molar-refractivity contribution in [3.05, 3.63) is 30.3 Å². The number of urea groups is 1. The number of amides is 2. The lowest BCUT2D eigenvalue weighted by molar-refractivity contribution is -0.137. The summed E-state index contributed by atoms with van der Waals surface area (Å²) in [4.78, 5) is 28.1. The first-order valence-corrected chi connectivity index (χ1v) is 6.68. The zero-order valence-electron chi connectivity index (χ0n) is 12.4. The minimum absolute atomic E-state index is 0.0919. The predicted octanol–water partition coefficient (Wildman–Crippen LogP) is 2.18. The number of hydrogen-bond acceptors (Lipinski definition) is 4. The number of anilines is 1. The fraction of sp³-hybridized carbons (Fsp3) is 0.267. The number of ether oxygens (including phenoxy) is 1. The molecule has 2 aromatic rings. The number of rotatable bonds is 5. The molecule has 2 amide bonds. The molecule has 0 radical (unpaired) electrons. The van der Waals surface area contributed by atoms with Gasteiger partial charge in [0.05, 0.1) is 19.0 Å². The Kier molecular flexibility index (Phi) is 4.77. The van der Waals surface area contributed by atoms with Gasteiger partial charge in [-0.05, 0) is 24.3 Å². The van der Waals surface area contributed by atoms with Gasteiger partial charge in [0.15, 0.2) is 0 Å². The highest BCUT2D eigenvalue weighted by molar-refractivity contribution is 5.92. The van der Waals surface area contributed by atoms with Gasteiger partial charge in [0.1, 0.15) is 0 Å². The molecule has 0 saturated heterocycles. The Morgan fingerprint density at radius 3 is 2.77 bits per heavy atom. The minimum atomic E-state index is -0.939. The lowest BCUT2D eigenvalue weighted by Crippen LogP contribution is -2.33. The molecule has 2 N–H and O–H groups in total. The first-order valence-electron chi connectivity index (χ1n) is 6.68. The van der Waals surface area contributed by atoms with Crippen LogP contribution in [0.5, 0.6) is 5.88 Å². The van der Waals surface area contributed by atoms with Crippen molar-refractivity contribution in [2.45, 2.75) is 6.42 Å². The van der Waals surface area contributed by atoms with Crippen molar-refractivity contribution < 1.29 is 19.4 Å². The van der Waals surface area contributed by atoms with Crippen LogP contribution in [0.2, 0.25) is 0 Å². The fourth-order valence-corrected chi connectivity index (χ4v) is 1.88. The van der Waals surface area contributed by atoms with E-state index in [4.69, 9.17) is 9.84 Å². The second-order valence-electron chi connectivity index (χ2n) is 4.76. The summed E-state index contributed by atoms with van der Waals surface area (Å²) >= 11 is 0. The fourth-order valence-electron chi connectivity index (χ4n) is 1.88. The van der Waals surface area contributed by atoms with E-state index >= 15 is 0 Å². The van der Waals surface area contributed by atoms with Crippen molar-refractivity contribution in [3.63, 3.8) is 0 Å². The average Bonchev–Trinajstić information content (AvgIpc) is 2.51. The number of nitrogens with one attached hydrogen (secondary N) is 1. The molecule has 0 aliphatic rings. The number of carboxylic acids is 1. The van der Waals surface area contributed by atoms with Gasteiger partial charge < -0.3 is 20.1 Å². The molecule has 116 valence electrons. The smallest absolute Gasteiger partial charge is 0.321 e. The molecule has 0 spiro atoms. The molecule has 0 fully saturated rings. The molecule has 1 heterocycles. The van der Waals surface area contributed by atoms with Gasteiger partial charge in [0.2, 0.25) is 5.88 Å². The normalized spacial score (nSPS) is 10.3. The molecule has 22 heavy (non-hydrogen) atoms. The highest BCUT2D eigenvalue weighted by Crippen LogP contribution is 2.20. The lowest BCUT2D eigenvalue weighted by atomic mass is 10.2. The minimum Gasteiger partial charge on any atom is -0.481 e. The van der Waals surface area contributed by atoms with E-state index in [2.05, 4.69) is 10.3 Å². The first-order chi connectivity index (χ1) is 10.5. The van der Waals surface area contributed by atoms with Gasteiger partial charge in [-0.1, -0.05) is 0 Å². The molecular weight excluding hydrogens is 286 g/mol. The maximum Gasteiger partial charge on any atom is 0.321 e. The van der Waals surface area contributed by atoms with E-state index in [9.17, 15) is 9.59 Å². The lowest BCUT2D eigenvalue weighted by Gasteiger charge is -2.17. The number of benzene rings is 1. The maximum atomic E-state index is 11.9. The Morgan fingerprint density at radius 2 is 2.09 bits per heavy atom. The molecule has 7 nitrogen and oxygen atoms in total. The van der Waals surface area contributed by atoms with Crippen LogP contribution in [0.1, 0.15) is 6.42 Å². The van der Waals surface area contributed by atoms with Gasteiger partial charge in [-0.15, -0.1) is 0 Å². The quantitative estimate of drug-likeness (QED) is 0.883. The summed E-state index contributed by atoms with van der Waals surface area (Å²) in [6.07, 6.45) is -0.0919. The van der Waals surface area contributed by atoms with Crippen molar-refractivity contribution in [2.75, 3.05) is 26.0 Å². The van der Waals surface area contributed by atoms with Gasteiger partial charge in [0, 0.05) is 30.7 Å². The summed E-state index contributed by atoms with van der Waals surface area (Å²) in [5.74, 6) is -0.414. The van der Waals surface area contributed by atoms with Crippen LogP contribution in [0.4, 0.5) is 10.5 Å². The molecule has 0 bridgehead atoms. The molecular formula is C15H17N3O4.